The summed E-state index contributed by atoms with van der Waals surface area (Å²) in [4.78, 5) is 20.8. The predicted molar refractivity (Wildman–Crippen MR) is 100 cm³/mol. The first-order valence-electron chi connectivity index (χ1n) is 9.17. The highest BCUT2D eigenvalue weighted by Gasteiger charge is 2.36. The largest absolute Gasteiger partial charge is 0.466 e. The minimum absolute atomic E-state index is 0.174. The van der Waals surface area contributed by atoms with Crippen molar-refractivity contribution in [3.63, 3.8) is 0 Å². The number of hydrogen-bond acceptors (Lipinski definition) is 7. The average Bonchev–Trinajstić information content (AvgIpc) is 3.15. The second kappa shape index (κ2) is 10.9. The third kappa shape index (κ3) is 7.06. The molecule has 0 aliphatic carbocycles. The number of alkyl halides is 3. The van der Waals surface area contributed by atoms with E-state index in [4.69, 9.17) is 4.74 Å². The van der Waals surface area contributed by atoms with Gasteiger partial charge in [-0.25, -0.2) is 4.98 Å². The lowest BCUT2D eigenvalue weighted by atomic mass is 10.1. The van der Waals surface area contributed by atoms with Crippen molar-refractivity contribution in [2.24, 2.45) is 0 Å². The van der Waals surface area contributed by atoms with Crippen LogP contribution in [0.15, 0.2) is 24.4 Å². The van der Waals surface area contributed by atoms with Crippen LogP contribution in [0.3, 0.4) is 0 Å². The summed E-state index contributed by atoms with van der Waals surface area (Å²) in [6.45, 7) is 2.66. The quantitative estimate of drug-likeness (QED) is 0.380. The van der Waals surface area contributed by atoms with Crippen molar-refractivity contribution in [2.75, 3.05) is 18.1 Å². The van der Waals surface area contributed by atoms with Crippen LogP contribution >= 0.6 is 11.5 Å². The van der Waals surface area contributed by atoms with Crippen LogP contribution in [0.5, 0.6) is 0 Å². The first-order valence-corrected chi connectivity index (χ1v) is 9.94. The van der Waals surface area contributed by atoms with E-state index < -0.39 is 12.0 Å². The monoisotopic (exact) mass is 416 g/mol. The van der Waals surface area contributed by atoms with Crippen molar-refractivity contribution in [3.05, 3.63) is 30.2 Å². The van der Waals surface area contributed by atoms with Gasteiger partial charge in [-0.2, -0.15) is 22.5 Å². The molecule has 0 unspecified atom stereocenters. The molecule has 0 amide bonds. The molecule has 0 N–H and O–H groups in total. The zero-order chi connectivity index (χ0) is 20.4. The van der Waals surface area contributed by atoms with Crippen LogP contribution < -0.4 is 4.90 Å². The summed E-state index contributed by atoms with van der Waals surface area (Å²) >= 11 is 0.713. The van der Waals surface area contributed by atoms with Crippen molar-refractivity contribution >= 4 is 28.5 Å². The Bertz CT molecular complexity index is 725. The second-order valence-electron chi connectivity index (χ2n) is 6.06. The van der Waals surface area contributed by atoms with E-state index in [-0.39, 0.29) is 11.1 Å². The Labute approximate surface area is 165 Å². The standard InChI is InChI=1S/C18H23F3N4O2S/c1-2-27-15(26)11-6-4-3-5-9-13-25(14-10-7-8-12-22-14)17-23-16(24-28-17)18(19,20)21/h7-8,10,12H,2-6,9,11,13H2,1H3. The molecule has 0 aliphatic rings. The van der Waals surface area contributed by atoms with Crippen molar-refractivity contribution in [1.29, 1.82) is 0 Å². The summed E-state index contributed by atoms with van der Waals surface area (Å²) < 4.78 is 46.7. The molecule has 0 bridgehead atoms. The molecular formula is C18H23F3N4O2S. The van der Waals surface area contributed by atoms with E-state index in [1.54, 1.807) is 36.2 Å². The summed E-state index contributed by atoms with van der Waals surface area (Å²) in [5.41, 5.74) is 0. The summed E-state index contributed by atoms with van der Waals surface area (Å²) in [6, 6.07) is 5.25. The van der Waals surface area contributed by atoms with Crippen LogP contribution in [0, 0.1) is 0 Å². The number of anilines is 2. The normalized spacial score (nSPS) is 11.4. The van der Waals surface area contributed by atoms with Crippen LogP contribution in [-0.2, 0) is 15.7 Å². The fourth-order valence-electron chi connectivity index (χ4n) is 2.56. The molecule has 0 spiro atoms. The highest BCUT2D eigenvalue weighted by Crippen LogP contribution is 2.32. The molecule has 154 valence electrons. The number of aromatic nitrogens is 3. The van der Waals surface area contributed by atoms with Crippen LogP contribution in [0.4, 0.5) is 24.1 Å². The number of hydrogen-bond donors (Lipinski definition) is 0. The van der Waals surface area contributed by atoms with Crippen molar-refractivity contribution in [3.8, 4) is 0 Å². The van der Waals surface area contributed by atoms with Gasteiger partial charge in [0.05, 0.1) is 6.61 Å². The fourth-order valence-corrected chi connectivity index (χ4v) is 3.29. The first-order chi connectivity index (χ1) is 13.4. The lowest BCUT2D eigenvalue weighted by Crippen LogP contribution is -2.20. The second-order valence-corrected chi connectivity index (χ2v) is 6.79. The molecule has 0 radical (unpaired) electrons. The minimum Gasteiger partial charge on any atom is -0.466 e. The zero-order valence-electron chi connectivity index (χ0n) is 15.6. The summed E-state index contributed by atoms with van der Waals surface area (Å²) in [7, 11) is 0. The Morgan fingerprint density at radius 2 is 1.93 bits per heavy atom. The van der Waals surface area contributed by atoms with Gasteiger partial charge in [0.2, 0.25) is 11.0 Å². The van der Waals surface area contributed by atoms with E-state index in [0.29, 0.717) is 36.9 Å². The molecule has 0 aromatic carbocycles. The Balaban J connectivity index is 1.86. The maximum Gasteiger partial charge on any atom is 0.452 e. The molecule has 0 fully saturated rings. The van der Waals surface area contributed by atoms with Gasteiger partial charge in [0.15, 0.2) is 0 Å². The molecule has 28 heavy (non-hydrogen) atoms. The highest BCUT2D eigenvalue weighted by molar-refractivity contribution is 7.09. The number of carbonyl (C=O) groups is 1. The van der Waals surface area contributed by atoms with E-state index in [1.807, 2.05) is 0 Å². The van der Waals surface area contributed by atoms with Crippen LogP contribution in [0.2, 0.25) is 0 Å². The van der Waals surface area contributed by atoms with Gasteiger partial charge in [-0.15, -0.1) is 0 Å². The molecule has 0 atom stereocenters. The molecule has 0 saturated heterocycles. The van der Waals surface area contributed by atoms with Gasteiger partial charge in [-0.05, 0) is 31.9 Å². The lowest BCUT2D eigenvalue weighted by Gasteiger charge is -2.20. The number of halogens is 3. The number of esters is 1. The van der Waals surface area contributed by atoms with Crippen LogP contribution in [0.1, 0.15) is 51.3 Å². The van der Waals surface area contributed by atoms with Crippen LogP contribution in [0.25, 0.3) is 0 Å². The Morgan fingerprint density at radius 1 is 1.18 bits per heavy atom. The highest BCUT2D eigenvalue weighted by atomic mass is 32.1. The van der Waals surface area contributed by atoms with E-state index in [2.05, 4.69) is 14.3 Å². The van der Waals surface area contributed by atoms with Crippen molar-refractivity contribution < 1.29 is 22.7 Å². The first kappa shape index (κ1) is 22.1. The number of nitrogens with zero attached hydrogens (tertiary/aromatic N) is 4. The van der Waals surface area contributed by atoms with Gasteiger partial charge in [-0.3, -0.25) is 4.79 Å². The third-order valence-electron chi connectivity index (χ3n) is 3.89. The van der Waals surface area contributed by atoms with E-state index in [0.717, 1.165) is 32.1 Å². The molecule has 10 heteroatoms. The van der Waals surface area contributed by atoms with Gasteiger partial charge in [0.25, 0.3) is 0 Å². The Morgan fingerprint density at radius 3 is 2.57 bits per heavy atom. The van der Waals surface area contributed by atoms with Crippen molar-refractivity contribution in [2.45, 2.75) is 51.6 Å². The molecule has 0 aliphatic heterocycles. The van der Waals surface area contributed by atoms with E-state index in [1.165, 1.54) is 0 Å². The molecular weight excluding hydrogens is 393 g/mol. The molecule has 0 saturated carbocycles. The molecule has 2 aromatic heterocycles. The van der Waals surface area contributed by atoms with Gasteiger partial charge < -0.3 is 9.64 Å². The van der Waals surface area contributed by atoms with Gasteiger partial charge in [0, 0.05) is 30.7 Å². The van der Waals surface area contributed by atoms with Gasteiger partial charge >= 0.3 is 12.1 Å². The van der Waals surface area contributed by atoms with Gasteiger partial charge in [-0.1, -0.05) is 25.3 Å². The Kier molecular flexibility index (Phi) is 8.62. The molecule has 2 aromatic rings. The van der Waals surface area contributed by atoms with E-state index in [9.17, 15) is 18.0 Å². The molecule has 2 rings (SSSR count). The number of pyridine rings is 1. The number of rotatable bonds is 11. The molecule has 6 nitrogen and oxygen atoms in total. The maximum absolute atomic E-state index is 12.8. The number of ether oxygens (including phenoxy) is 1. The number of carbonyl (C=O) groups excluding carboxylic acids is 1. The summed E-state index contributed by atoms with van der Waals surface area (Å²) in [5, 5.41) is 0.174. The summed E-state index contributed by atoms with van der Waals surface area (Å²) in [5.74, 6) is -0.775. The van der Waals surface area contributed by atoms with E-state index >= 15 is 0 Å². The summed E-state index contributed by atoms with van der Waals surface area (Å²) in [6.07, 6.45) is 1.69. The smallest absolute Gasteiger partial charge is 0.452 e. The Hall–Kier alpha value is -2.23. The predicted octanol–water partition coefficient (Wildman–Crippen LogP) is 4.99. The third-order valence-corrected chi connectivity index (χ3v) is 4.63. The fraction of sp³-hybridized carbons (Fsp3) is 0.556. The lowest BCUT2D eigenvalue weighted by molar-refractivity contribution is -0.144. The molecule has 2 heterocycles. The number of unbranched alkanes of at least 4 members (excludes halogenated alkanes) is 4. The van der Waals surface area contributed by atoms with Gasteiger partial charge in [0.1, 0.15) is 5.82 Å². The zero-order valence-corrected chi connectivity index (χ0v) is 16.4. The topological polar surface area (TPSA) is 68.2 Å². The van der Waals surface area contributed by atoms with Crippen LogP contribution in [-0.4, -0.2) is 33.5 Å². The average molecular weight is 416 g/mol. The van der Waals surface area contributed by atoms with Crippen molar-refractivity contribution in [1.82, 2.24) is 14.3 Å². The minimum atomic E-state index is -4.57. The SMILES string of the molecule is CCOC(=O)CCCCCCCN(c1ccccn1)c1nc(C(F)(F)F)ns1. The maximum atomic E-state index is 12.8.